The summed E-state index contributed by atoms with van der Waals surface area (Å²) < 4.78 is 0. The van der Waals surface area contributed by atoms with E-state index in [1.54, 1.807) is 19.3 Å². The minimum absolute atomic E-state index is 0.621. The van der Waals surface area contributed by atoms with Crippen molar-refractivity contribution in [3.8, 4) is 0 Å². The first-order valence-corrected chi connectivity index (χ1v) is 3.16. The van der Waals surface area contributed by atoms with Gasteiger partial charge in [0, 0.05) is 0 Å². The molecule has 0 bridgehead atoms. The number of hydrogen-bond acceptors (Lipinski definition) is 3. The minimum atomic E-state index is 0.621. The molecule has 3 nitrogen and oxygen atoms in total. The van der Waals surface area contributed by atoms with Gasteiger partial charge in [0.2, 0.25) is 0 Å². The first-order chi connectivity index (χ1) is 4.85. The molecular formula is C6H12BN2O. The van der Waals surface area contributed by atoms with Gasteiger partial charge in [-0.2, -0.15) is 0 Å². The average Bonchev–Trinajstić information content (AvgIpc) is 1.98. The summed E-state index contributed by atoms with van der Waals surface area (Å²) in [4.78, 5) is 5.05. The number of allylic oxidation sites excluding steroid dienone is 1. The van der Waals surface area contributed by atoms with E-state index in [0.717, 1.165) is 0 Å². The molecule has 10 heavy (non-hydrogen) atoms. The van der Waals surface area contributed by atoms with Crippen LogP contribution >= 0.6 is 0 Å². The molecule has 0 aliphatic carbocycles. The van der Waals surface area contributed by atoms with Gasteiger partial charge in [0.25, 0.3) is 0 Å². The summed E-state index contributed by atoms with van der Waals surface area (Å²) in [6.07, 6.45) is 3.36. The van der Waals surface area contributed by atoms with Crippen molar-refractivity contribution >= 4 is 13.5 Å². The maximum absolute atomic E-state index is 5.11. The van der Waals surface area contributed by atoms with Crippen LogP contribution in [0.25, 0.3) is 0 Å². The van der Waals surface area contributed by atoms with Gasteiger partial charge < -0.3 is 0 Å². The molecule has 0 atom stereocenters. The average molecular weight is 139 g/mol. The molecule has 0 spiro atoms. The van der Waals surface area contributed by atoms with Crippen molar-refractivity contribution in [2.45, 2.75) is 6.92 Å². The molecule has 0 aliphatic rings. The Morgan fingerprint density at radius 1 is 1.70 bits per heavy atom. The molecule has 1 radical (unpaired) electrons. The predicted molar refractivity (Wildman–Crippen MR) is 43.5 cm³/mol. The summed E-state index contributed by atoms with van der Waals surface area (Å²) in [6.45, 7) is 2.53. The van der Waals surface area contributed by atoms with Crippen molar-refractivity contribution in [3.05, 3.63) is 12.3 Å². The fourth-order valence-corrected chi connectivity index (χ4v) is 0.449. The Bertz CT molecular complexity index is 116. The van der Waals surface area contributed by atoms with Crippen LogP contribution in [0.3, 0.4) is 0 Å². The van der Waals surface area contributed by atoms with Crippen molar-refractivity contribution in [2.24, 2.45) is 0 Å². The molecule has 0 rings (SSSR count). The molecule has 0 fully saturated rings. The third-order valence-electron chi connectivity index (χ3n) is 0.821. The quantitative estimate of drug-likeness (QED) is 0.423. The maximum atomic E-state index is 5.11. The van der Waals surface area contributed by atoms with E-state index in [-0.39, 0.29) is 0 Å². The SMILES string of the molecule is [B]=C/C=C\N(NC)OCC. The first kappa shape index (κ1) is 9.39. The zero-order valence-corrected chi connectivity index (χ0v) is 6.37. The normalized spacial score (nSPS) is 10.1. The van der Waals surface area contributed by atoms with E-state index in [9.17, 15) is 0 Å². The molecule has 4 heteroatoms. The summed E-state index contributed by atoms with van der Waals surface area (Å²) in [6, 6.07) is 0. The molecule has 0 amide bonds. The van der Waals surface area contributed by atoms with Crippen LogP contribution < -0.4 is 5.43 Å². The Morgan fingerprint density at radius 2 is 2.40 bits per heavy atom. The molecule has 0 aliphatic heterocycles. The number of hydrogen-bond donors (Lipinski definition) is 1. The number of hydrazine groups is 1. The van der Waals surface area contributed by atoms with Gasteiger partial charge in [-0.3, -0.25) is 0 Å². The molecule has 0 aromatic carbocycles. The second kappa shape index (κ2) is 6.51. The molecule has 1 N–H and O–H groups in total. The van der Waals surface area contributed by atoms with E-state index in [2.05, 4.69) is 5.43 Å². The molecule has 0 heterocycles. The standard InChI is InChI=1S/C6H12BN2O/c1-3-10-9(8-2)6-4-5-7/h4-6,8H,3H2,1-2H3/b6-4-. The number of nitrogens with one attached hydrogen (secondary N) is 1. The predicted octanol–water partition coefficient (Wildman–Crippen LogP) is -0.141. The van der Waals surface area contributed by atoms with E-state index in [4.69, 9.17) is 12.3 Å². The molecule has 0 saturated carbocycles. The summed E-state index contributed by atoms with van der Waals surface area (Å²) in [5, 5.41) is 1.48. The summed E-state index contributed by atoms with van der Waals surface area (Å²) in [7, 11) is 6.87. The topological polar surface area (TPSA) is 24.5 Å². The van der Waals surface area contributed by atoms with Gasteiger partial charge >= 0.3 is 61.7 Å². The zero-order valence-electron chi connectivity index (χ0n) is 6.37. The monoisotopic (exact) mass is 139 g/mol. The van der Waals surface area contributed by atoms with Gasteiger partial charge in [-0.15, -0.1) is 0 Å². The van der Waals surface area contributed by atoms with E-state index < -0.39 is 0 Å². The van der Waals surface area contributed by atoms with E-state index >= 15 is 0 Å². The molecule has 55 valence electrons. The first-order valence-electron chi connectivity index (χ1n) is 3.16. The second-order valence-corrected chi connectivity index (χ2v) is 1.50. The Balaban J connectivity index is 3.58. The van der Waals surface area contributed by atoms with Crippen molar-refractivity contribution in [2.75, 3.05) is 13.7 Å². The molecule has 0 saturated heterocycles. The Kier molecular flexibility index (Phi) is 6.12. The van der Waals surface area contributed by atoms with E-state index in [0.29, 0.717) is 6.61 Å². The van der Waals surface area contributed by atoms with Crippen LogP contribution in [0.2, 0.25) is 0 Å². The van der Waals surface area contributed by atoms with Crippen molar-refractivity contribution in [1.82, 2.24) is 10.6 Å². The summed E-state index contributed by atoms with van der Waals surface area (Å²) in [5.74, 6) is 1.43. The van der Waals surface area contributed by atoms with Gasteiger partial charge in [-0.05, 0) is 0 Å². The number of nitrogens with zero attached hydrogens (tertiary/aromatic N) is 1. The van der Waals surface area contributed by atoms with Crippen LogP contribution in [0.4, 0.5) is 0 Å². The number of hydroxylamine groups is 1. The fraction of sp³-hybridized carbons (Fsp3) is 0.500. The summed E-state index contributed by atoms with van der Waals surface area (Å²) >= 11 is 0. The third-order valence-corrected chi connectivity index (χ3v) is 0.821. The van der Waals surface area contributed by atoms with Gasteiger partial charge in [0.1, 0.15) is 0 Å². The van der Waals surface area contributed by atoms with Gasteiger partial charge in [0.15, 0.2) is 0 Å². The number of rotatable bonds is 5. The zero-order chi connectivity index (χ0) is 7.82. The van der Waals surface area contributed by atoms with E-state index in [1.165, 1.54) is 11.1 Å². The van der Waals surface area contributed by atoms with Crippen LogP contribution in [0.15, 0.2) is 12.3 Å². The van der Waals surface area contributed by atoms with Crippen LogP contribution in [0, 0.1) is 0 Å². The van der Waals surface area contributed by atoms with Gasteiger partial charge in [0.05, 0.1) is 0 Å². The third kappa shape index (κ3) is 4.29. The van der Waals surface area contributed by atoms with Crippen LogP contribution in [-0.2, 0) is 4.84 Å². The molecule has 0 unspecified atom stereocenters. The Morgan fingerprint density at radius 3 is 2.80 bits per heavy atom. The van der Waals surface area contributed by atoms with Gasteiger partial charge in [-0.1, -0.05) is 0 Å². The molecule has 0 aromatic heterocycles. The van der Waals surface area contributed by atoms with Crippen LogP contribution in [0.1, 0.15) is 6.92 Å². The van der Waals surface area contributed by atoms with Gasteiger partial charge in [-0.25, -0.2) is 0 Å². The van der Waals surface area contributed by atoms with Crippen molar-refractivity contribution in [1.29, 1.82) is 0 Å². The van der Waals surface area contributed by atoms with Crippen LogP contribution in [0.5, 0.6) is 0 Å². The van der Waals surface area contributed by atoms with E-state index in [1.807, 2.05) is 6.92 Å². The second-order valence-electron chi connectivity index (χ2n) is 1.50. The molecular weight excluding hydrogens is 127 g/mol. The Hall–Kier alpha value is -0.605. The summed E-state index contributed by atoms with van der Waals surface area (Å²) in [5.41, 5.74) is 2.79. The van der Waals surface area contributed by atoms with Crippen LogP contribution in [-0.4, -0.2) is 32.3 Å². The van der Waals surface area contributed by atoms with Crippen molar-refractivity contribution < 1.29 is 4.84 Å². The van der Waals surface area contributed by atoms with Crippen molar-refractivity contribution in [3.63, 3.8) is 0 Å². The molecule has 0 aromatic rings. The fourth-order valence-electron chi connectivity index (χ4n) is 0.449. The Labute approximate surface area is 62.7 Å².